The molecule has 38 heavy (non-hydrogen) atoms. The van der Waals surface area contributed by atoms with Crippen LogP contribution in [0, 0.1) is 5.92 Å². The van der Waals surface area contributed by atoms with Crippen molar-refractivity contribution < 1.29 is 38.1 Å². The minimum Gasteiger partial charge on any atom is -0.447 e. The Bertz CT molecular complexity index is 876. The molecule has 11 nitrogen and oxygen atoms in total. The molecule has 1 aliphatic rings. The summed E-state index contributed by atoms with van der Waals surface area (Å²) in [4.78, 5) is 51.0. The van der Waals surface area contributed by atoms with Crippen molar-refractivity contribution in [1.82, 2.24) is 16.0 Å². The first-order valence-electron chi connectivity index (χ1n) is 13.1. The molecule has 0 radical (unpaired) electrons. The maximum absolute atomic E-state index is 13.2. The molecule has 2 atom stereocenters. The van der Waals surface area contributed by atoms with Crippen molar-refractivity contribution in [2.75, 3.05) is 46.8 Å². The first-order chi connectivity index (χ1) is 18.3. The highest BCUT2D eigenvalue weighted by molar-refractivity contribution is 6.38. The number of carbonyl (C=O) groups excluding carboxylic acids is 4. The minimum absolute atomic E-state index is 0.00359. The molecule has 0 saturated heterocycles. The fraction of sp³-hybridized carbons (Fsp3) is 0.630. The third-order valence-corrected chi connectivity index (χ3v) is 5.63. The van der Waals surface area contributed by atoms with Crippen molar-refractivity contribution in [3.8, 4) is 0 Å². The Hall–Kier alpha value is -3.02. The molecule has 3 N–H and O–H groups in total. The van der Waals surface area contributed by atoms with Crippen LogP contribution in [0.4, 0.5) is 4.79 Å². The van der Waals surface area contributed by atoms with Gasteiger partial charge in [0.2, 0.25) is 11.7 Å². The third-order valence-electron chi connectivity index (χ3n) is 5.63. The van der Waals surface area contributed by atoms with Gasteiger partial charge in [0.15, 0.2) is 0 Å². The van der Waals surface area contributed by atoms with E-state index >= 15 is 0 Å². The molecule has 1 saturated carbocycles. The molecule has 1 fully saturated rings. The van der Waals surface area contributed by atoms with Gasteiger partial charge >= 0.3 is 6.09 Å². The second-order valence-electron chi connectivity index (χ2n) is 9.54. The smallest absolute Gasteiger partial charge is 0.407 e. The van der Waals surface area contributed by atoms with Crippen LogP contribution in [-0.2, 0) is 39.8 Å². The van der Waals surface area contributed by atoms with E-state index in [0.717, 1.165) is 18.4 Å². The SMILES string of the molecule is COCCOCCOCCOC(=O)NC(CC(C)C)C(=O)N[C@@H](Cc1ccccc1)C(=O)C(=O)NC1CC1. The van der Waals surface area contributed by atoms with Crippen molar-refractivity contribution in [2.24, 2.45) is 5.92 Å². The van der Waals surface area contributed by atoms with Crippen LogP contribution >= 0.6 is 0 Å². The molecule has 1 aromatic carbocycles. The molecule has 11 heteroatoms. The van der Waals surface area contributed by atoms with Gasteiger partial charge in [-0.05, 0) is 30.7 Å². The zero-order valence-electron chi connectivity index (χ0n) is 22.5. The van der Waals surface area contributed by atoms with Crippen LogP contribution in [0.1, 0.15) is 38.7 Å². The first kappa shape index (κ1) is 31.2. The van der Waals surface area contributed by atoms with E-state index in [9.17, 15) is 19.2 Å². The summed E-state index contributed by atoms with van der Waals surface area (Å²) in [5.74, 6) is -1.93. The predicted molar refractivity (Wildman–Crippen MR) is 139 cm³/mol. The summed E-state index contributed by atoms with van der Waals surface area (Å²) in [5.41, 5.74) is 0.794. The lowest BCUT2D eigenvalue weighted by Crippen LogP contribution is -2.55. The van der Waals surface area contributed by atoms with Gasteiger partial charge in [-0.15, -0.1) is 0 Å². The molecule has 3 amide bonds. The van der Waals surface area contributed by atoms with Crippen LogP contribution in [0.25, 0.3) is 0 Å². The topological polar surface area (TPSA) is 141 Å². The number of rotatable bonds is 19. The zero-order valence-corrected chi connectivity index (χ0v) is 22.5. The van der Waals surface area contributed by atoms with Gasteiger partial charge in [0.1, 0.15) is 18.7 Å². The molecule has 0 heterocycles. The van der Waals surface area contributed by atoms with Crippen LogP contribution in [0.3, 0.4) is 0 Å². The quantitative estimate of drug-likeness (QED) is 0.178. The Labute approximate surface area is 224 Å². The van der Waals surface area contributed by atoms with Crippen molar-refractivity contribution in [1.29, 1.82) is 0 Å². The summed E-state index contributed by atoms with van der Waals surface area (Å²) in [6.07, 6.45) is 1.36. The molecule has 212 valence electrons. The number of hydrogen-bond acceptors (Lipinski definition) is 8. The Kier molecular flexibility index (Phi) is 14.4. The lowest BCUT2D eigenvalue weighted by Gasteiger charge is -2.23. The van der Waals surface area contributed by atoms with Crippen molar-refractivity contribution in [2.45, 2.75) is 57.7 Å². The molecule has 1 aromatic rings. The molecule has 0 aliphatic heterocycles. The second-order valence-corrected chi connectivity index (χ2v) is 9.54. The largest absolute Gasteiger partial charge is 0.447 e. The second kappa shape index (κ2) is 17.5. The number of Topliss-reactive ketones (excluding diaryl/α,β-unsaturated/α-hetero) is 1. The van der Waals surface area contributed by atoms with Gasteiger partial charge in [0, 0.05) is 19.6 Å². The summed E-state index contributed by atoms with van der Waals surface area (Å²) in [6.45, 7) is 5.70. The predicted octanol–water partition coefficient (Wildman–Crippen LogP) is 1.38. The molecular formula is C27H41N3O8. The number of amides is 3. The van der Waals surface area contributed by atoms with E-state index in [1.807, 2.05) is 44.2 Å². The molecular weight excluding hydrogens is 494 g/mol. The van der Waals surface area contributed by atoms with Gasteiger partial charge in [-0.25, -0.2) is 4.79 Å². The van der Waals surface area contributed by atoms with E-state index in [2.05, 4.69) is 16.0 Å². The van der Waals surface area contributed by atoms with Crippen LogP contribution in [0.2, 0.25) is 0 Å². The fourth-order valence-electron chi connectivity index (χ4n) is 3.52. The molecule has 1 unspecified atom stereocenters. The van der Waals surface area contributed by atoms with Gasteiger partial charge < -0.3 is 34.9 Å². The number of ether oxygens (including phenoxy) is 4. The minimum atomic E-state index is -1.07. The summed E-state index contributed by atoms with van der Waals surface area (Å²) >= 11 is 0. The third kappa shape index (κ3) is 13.0. The van der Waals surface area contributed by atoms with E-state index in [-0.39, 0.29) is 31.6 Å². The van der Waals surface area contributed by atoms with Gasteiger partial charge in [0.25, 0.3) is 5.91 Å². The van der Waals surface area contributed by atoms with Gasteiger partial charge in [-0.3, -0.25) is 14.4 Å². The molecule has 2 rings (SSSR count). The highest BCUT2D eigenvalue weighted by atomic mass is 16.6. The highest BCUT2D eigenvalue weighted by Crippen LogP contribution is 2.18. The standard InChI is InChI=1S/C27H41N3O8/c1-19(2)17-23(30-27(34)38-16-15-37-14-13-36-12-11-35-3)25(32)29-22(18-20-7-5-4-6-8-20)24(31)26(33)28-21-9-10-21/h4-8,19,21-23H,9-18H2,1-3H3,(H,28,33)(H,29,32)(H,30,34)/t22-,23?/m0/s1. The number of methoxy groups -OCH3 is 1. The Morgan fingerprint density at radius 2 is 1.50 bits per heavy atom. The Morgan fingerprint density at radius 1 is 0.868 bits per heavy atom. The molecule has 0 spiro atoms. The molecule has 0 aromatic heterocycles. The first-order valence-corrected chi connectivity index (χ1v) is 13.1. The zero-order chi connectivity index (χ0) is 27.8. The average Bonchev–Trinajstić information content (AvgIpc) is 3.70. The van der Waals surface area contributed by atoms with Gasteiger partial charge in [-0.1, -0.05) is 44.2 Å². The number of alkyl carbamates (subject to hydrolysis) is 1. The van der Waals surface area contributed by atoms with E-state index in [0.29, 0.717) is 32.8 Å². The number of ketones is 1. The number of nitrogens with one attached hydrogen (secondary N) is 3. The summed E-state index contributed by atoms with van der Waals surface area (Å²) in [5, 5.41) is 7.94. The van der Waals surface area contributed by atoms with Crippen LogP contribution in [-0.4, -0.2) is 88.6 Å². The van der Waals surface area contributed by atoms with E-state index in [1.54, 1.807) is 7.11 Å². The van der Waals surface area contributed by atoms with Gasteiger partial charge in [-0.2, -0.15) is 0 Å². The van der Waals surface area contributed by atoms with Crippen LogP contribution < -0.4 is 16.0 Å². The average molecular weight is 536 g/mol. The number of hydrogen-bond donors (Lipinski definition) is 3. The van der Waals surface area contributed by atoms with E-state index in [4.69, 9.17) is 18.9 Å². The van der Waals surface area contributed by atoms with E-state index < -0.39 is 35.8 Å². The summed E-state index contributed by atoms with van der Waals surface area (Å²) < 4.78 is 20.6. The van der Waals surface area contributed by atoms with Crippen molar-refractivity contribution >= 4 is 23.7 Å². The summed E-state index contributed by atoms with van der Waals surface area (Å²) in [6, 6.07) is 7.11. The normalized spacial score (nSPS) is 14.4. The lowest BCUT2D eigenvalue weighted by molar-refractivity contribution is -0.140. The number of carbonyl (C=O) groups is 4. The maximum Gasteiger partial charge on any atom is 0.407 e. The summed E-state index contributed by atoms with van der Waals surface area (Å²) in [7, 11) is 1.59. The maximum atomic E-state index is 13.2. The number of benzene rings is 1. The lowest BCUT2D eigenvalue weighted by atomic mass is 9.99. The monoisotopic (exact) mass is 535 g/mol. The van der Waals surface area contributed by atoms with E-state index in [1.165, 1.54) is 0 Å². The van der Waals surface area contributed by atoms with Crippen molar-refractivity contribution in [3.63, 3.8) is 0 Å². The van der Waals surface area contributed by atoms with Gasteiger partial charge in [0.05, 0.1) is 33.0 Å². The fourth-order valence-corrected chi connectivity index (χ4v) is 3.52. The Balaban J connectivity index is 1.89. The Morgan fingerprint density at radius 3 is 2.11 bits per heavy atom. The molecule has 0 bridgehead atoms. The van der Waals surface area contributed by atoms with Crippen LogP contribution in [0.5, 0.6) is 0 Å². The highest BCUT2D eigenvalue weighted by Gasteiger charge is 2.33. The van der Waals surface area contributed by atoms with Crippen molar-refractivity contribution in [3.05, 3.63) is 35.9 Å². The van der Waals surface area contributed by atoms with Crippen LogP contribution in [0.15, 0.2) is 30.3 Å². The molecule has 1 aliphatic carbocycles.